The first-order valence-corrected chi connectivity index (χ1v) is 7.45. The number of anilines is 2. The molecule has 0 atom stereocenters. The summed E-state index contributed by atoms with van der Waals surface area (Å²) in [5.41, 5.74) is 2.50. The van der Waals surface area contributed by atoms with Gasteiger partial charge in [-0.05, 0) is 44.2 Å². The third-order valence-electron chi connectivity index (χ3n) is 2.94. The average molecular weight is 329 g/mol. The molecule has 118 valence electrons. The number of hydrogen-bond acceptors (Lipinski definition) is 2. The lowest BCUT2D eigenvalue weighted by atomic mass is 10.2. The molecule has 2 aromatic rings. The van der Waals surface area contributed by atoms with Gasteiger partial charge in [-0.25, -0.2) is 0 Å². The van der Waals surface area contributed by atoms with Crippen LogP contribution in [0.5, 0.6) is 0 Å². The van der Waals surface area contributed by atoms with E-state index in [4.69, 9.17) is 11.6 Å². The van der Waals surface area contributed by atoms with Crippen molar-refractivity contribution >= 4 is 34.8 Å². The second-order valence-electron chi connectivity index (χ2n) is 5.23. The smallest absolute Gasteiger partial charge is 0.255 e. The van der Waals surface area contributed by atoms with Gasteiger partial charge in [-0.15, -0.1) is 0 Å². The molecule has 4 nitrogen and oxygen atoms in total. The van der Waals surface area contributed by atoms with Gasteiger partial charge in [0.1, 0.15) is 0 Å². The Morgan fingerprint density at radius 3 is 2.30 bits per heavy atom. The highest BCUT2D eigenvalue weighted by Crippen LogP contribution is 2.26. The number of nitrogens with one attached hydrogen (secondary N) is 2. The highest BCUT2D eigenvalue weighted by molar-refractivity contribution is 6.34. The molecule has 23 heavy (non-hydrogen) atoms. The number of carbonyl (C=O) groups excluding carboxylic acids is 2. The molecule has 0 aliphatic carbocycles. The first-order chi connectivity index (χ1) is 11.0. The van der Waals surface area contributed by atoms with Gasteiger partial charge in [0.25, 0.3) is 5.91 Å². The van der Waals surface area contributed by atoms with Crippen LogP contribution in [0, 0.1) is 0 Å². The van der Waals surface area contributed by atoms with Crippen LogP contribution in [0.1, 0.15) is 24.2 Å². The summed E-state index contributed by atoms with van der Waals surface area (Å²) in [5.74, 6) is -0.462. The maximum atomic E-state index is 12.1. The van der Waals surface area contributed by atoms with Gasteiger partial charge in [-0.3, -0.25) is 9.59 Å². The first kappa shape index (κ1) is 16.8. The molecule has 0 unspecified atom stereocenters. The molecule has 0 heterocycles. The number of rotatable bonds is 4. The quantitative estimate of drug-likeness (QED) is 0.812. The second kappa shape index (κ2) is 7.61. The van der Waals surface area contributed by atoms with Crippen molar-refractivity contribution < 1.29 is 9.59 Å². The van der Waals surface area contributed by atoms with Crippen molar-refractivity contribution in [2.24, 2.45) is 0 Å². The molecule has 2 N–H and O–H groups in total. The Morgan fingerprint density at radius 2 is 1.70 bits per heavy atom. The fourth-order valence-corrected chi connectivity index (χ4v) is 2.15. The van der Waals surface area contributed by atoms with E-state index >= 15 is 0 Å². The molecule has 0 saturated heterocycles. The van der Waals surface area contributed by atoms with E-state index < -0.39 is 0 Å². The number of benzene rings is 2. The molecule has 0 radical (unpaired) electrons. The van der Waals surface area contributed by atoms with Crippen LogP contribution in [0.2, 0.25) is 5.02 Å². The van der Waals surface area contributed by atoms with E-state index in [0.717, 1.165) is 5.57 Å². The van der Waals surface area contributed by atoms with E-state index in [1.54, 1.807) is 42.5 Å². The highest BCUT2D eigenvalue weighted by Gasteiger charge is 2.09. The van der Waals surface area contributed by atoms with Crippen LogP contribution >= 0.6 is 11.6 Å². The maximum absolute atomic E-state index is 12.1. The van der Waals surface area contributed by atoms with Gasteiger partial charge in [-0.2, -0.15) is 0 Å². The fraction of sp³-hybridized carbons (Fsp3) is 0.111. The molecule has 2 aromatic carbocycles. The molecule has 0 aromatic heterocycles. The third kappa shape index (κ3) is 4.97. The molecule has 0 aliphatic rings. The van der Waals surface area contributed by atoms with E-state index in [-0.39, 0.29) is 11.8 Å². The standard InChI is InChI=1S/C18H17ClN2O2/c1-12(2)10-17(22)20-14-8-9-16(15(19)11-14)21-18(23)13-6-4-3-5-7-13/h3-11H,1-2H3,(H,20,22)(H,21,23). The summed E-state index contributed by atoms with van der Waals surface area (Å²) in [6.45, 7) is 3.68. The van der Waals surface area contributed by atoms with Crippen LogP contribution in [0.4, 0.5) is 11.4 Å². The Bertz CT molecular complexity index is 751. The largest absolute Gasteiger partial charge is 0.322 e. The molecule has 0 aliphatic heterocycles. The van der Waals surface area contributed by atoms with Crippen LogP contribution in [-0.2, 0) is 4.79 Å². The fourth-order valence-electron chi connectivity index (χ4n) is 1.92. The van der Waals surface area contributed by atoms with E-state index in [1.165, 1.54) is 6.08 Å². The van der Waals surface area contributed by atoms with Gasteiger partial charge < -0.3 is 10.6 Å². The summed E-state index contributed by atoms with van der Waals surface area (Å²) in [6, 6.07) is 13.8. The van der Waals surface area contributed by atoms with Gasteiger partial charge in [0, 0.05) is 17.3 Å². The topological polar surface area (TPSA) is 58.2 Å². The number of amides is 2. The summed E-state index contributed by atoms with van der Waals surface area (Å²) in [6.07, 6.45) is 1.50. The lowest BCUT2D eigenvalue weighted by Gasteiger charge is -2.09. The SMILES string of the molecule is CC(C)=CC(=O)Nc1ccc(NC(=O)c2ccccc2)c(Cl)c1. The zero-order valence-corrected chi connectivity index (χ0v) is 13.6. The van der Waals surface area contributed by atoms with Crippen molar-refractivity contribution in [3.63, 3.8) is 0 Å². The monoisotopic (exact) mass is 328 g/mol. The Morgan fingerprint density at radius 1 is 1.00 bits per heavy atom. The molecule has 2 rings (SSSR count). The van der Waals surface area contributed by atoms with Gasteiger partial charge in [0.05, 0.1) is 10.7 Å². The van der Waals surface area contributed by atoms with Gasteiger partial charge in [0.15, 0.2) is 0 Å². The lowest BCUT2D eigenvalue weighted by Crippen LogP contribution is -2.12. The highest BCUT2D eigenvalue weighted by atomic mass is 35.5. The van der Waals surface area contributed by atoms with Crippen LogP contribution in [-0.4, -0.2) is 11.8 Å². The van der Waals surface area contributed by atoms with Crippen LogP contribution < -0.4 is 10.6 Å². The average Bonchev–Trinajstić information content (AvgIpc) is 2.50. The predicted octanol–water partition coefficient (Wildman–Crippen LogP) is 4.50. The Kier molecular flexibility index (Phi) is 5.55. The Balaban J connectivity index is 2.09. The van der Waals surface area contributed by atoms with Crippen LogP contribution in [0.3, 0.4) is 0 Å². The van der Waals surface area contributed by atoms with E-state index in [9.17, 15) is 9.59 Å². The molecule has 0 bridgehead atoms. The number of allylic oxidation sites excluding steroid dienone is 1. The maximum Gasteiger partial charge on any atom is 0.255 e. The molecule has 0 saturated carbocycles. The zero-order chi connectivity index (χ0) is 16.8. The van der Waals surface area contributed by atoms with Crippen molar-refractivity contribution in [3.05, 3.63) is 70.8 Å². The lowest BCUT2D eigenvalue weighted by molar-refractivity contribution is -0.111. The summed E-state index contributed by atoms with van der Waals surface area (Å²) < 4.78 is 0. The van der Waals surface area contributed by atoms with E-state index in [0.29, 0.717) is 22.0 Å². The van der Waals surface area contributed by atoms with Gasteiger partial charge >= 0.3 is 0 Å². The summed E-state index contributed by atoms with van der Waals surface area (Å²) in [4.78, 5) is 23.8. The van der Waals surface area contributed by atoms with Gasteiger partial charge in [-0.1, -0.05) is 35.4 Å². The van der Waals surface area contributed by atoms with Crippen molar-refractivity contribution in [2.45, 2.75) is 13.8 Å². The van der Waals surface area contributed by atoms with Crippen molar-refractivity contribution in [2.75, 3.05) is 10.6 Å². The van der Waals surface area contributed by atoms with Crippen LogP contribution in [0.25, 0.3) is 0 Å². The first-order valence-electron chi connectivity index (χ1n) is 7.07. The number of hydrogen-bond donors (Lipinski definition) is 2. The van der Waals surface area contributed by atoms with Crippen LogP contribution in [0.15, 0.2) is 60.2 Å². The normalized spacial score (nSPS) is 9.87. The van der Waals surface area contributed by atoms with Gasteiger partial charge in [0.2, 0.25) is 5.91 Å². The van der Waals surface area contributed by atoms with Crippen molar-refractivity contribution in [3.8, 4) is 0 Å². The molecule has 5 heteroatoms. The Labute approximate surface area is 140 Å². The van der Waals surface area contributed by atoms with Crippen molar-refractivity contribution in [1.29, 1.82) is 0 Å². The number of halogens is 1. The Hall–Kier alpha value is -2.59. The molecular formula is C18H17ClN2O2. The van der Waals surface area contributed by atoms with E-state index in [1.807, 2.05) is 19.9 Å². The van der Waals surface area contributed by atoms with E-state index in [2.05, 4.69) is 10.6 Å². The number of carbonyl (C=O) groups is 2. The minimum absolute atomic E-state index is 0.220. The zero-order valence-electron chi connectivity index (χ0n) is 12.9. The summed E-state index contributed by atoms with van der Waals surface area (Å²) in [7, 11) is 0. The van der Waals surface area contributed by atoms with Crippen molar-refractivity contribution in [1.82, 2.24) is 0 Å². The third-order valence-corrected chi connectivity index (χ3v) is 3.25. The summed E-state index contributed by atoms with van der Waals surface area (Å²) in [5, 5.41) is 5.81. The minimum atomic E-state index is -0.242. The molecular weight excluding hydrogens is 312 g/mol. The predicted molar refractivity (Wildman–Crippen MR) is 93.9 cm³/mol. The molecule has 0 spiro atoms. The molecule has 0 fully saturated rings. The summed E-state index contributed by atoms with van der Waals surface area (Å²) >= 11 is 6.17. The minimum Gasteiger partial charge on any atom is -0.322 e. The second-order valence-corrected chi connectivity index (χ2v) is 5.63. The molecule has 2 amide bonds.